The number of nitrogens with two attached hydrogens (primary N) is 1. The van der Waals surface area contributed by atoms with Crippen molar-refractivity contribution in [2.45, 2.75) is 32.3 Å². The fraction of sp³-hybridized carbons (Fsp3) is 1.00. The Balaban J connectivity index is 2.68. The van der Waals surface area contributed by atoms with Gasteiger partial charge in [-0.25, -0.2) is 5.01 Å². The van der Waals surface area contributed by atoms with Crippen LogP contribution in [-0.4, -0.2) is 40.5 Å². The molecule has 1 rings (SSSR count). The van der Waals surface area contributed by atoms with E-state index in [4.69, 9.17) is 5.84 Å². The van der Waals surface area contributed by atoms with Gasteiger partial charge < -0.3 is 5.11 Å². The van der Waals surface area contributed by atoms with Crippen molar-refractivity contribution < 1.29 is 5.11 Å². The predicted octanol–water partition coefficient (Wildman–Crippen LogP) is -0.840. The van der Waals surface area contributed by atoms with Crippen LogP contribution >= 0.6 is 0 Å². The molecule has 0 aromatic heterocycles. The van der Waals surface area contributed by atoms with Crippen molar-refractivity contribution in [1.29, 1.82) is 0 Å². The van der Waals surface area contributed by atoms with E-state index < -0.39 is 6.35 Å². The summed E-state index contributed by atoms with van der Waals surface area (Å²) in [5, 5.41) is 10.8. The van der Waals surface area contributed by atoms with Crippen LogP contribution in [0.2, 0.25) is 0 Å². The minimum Gasteiger partial charge on any atom is -0.364 e. The van der Waals surface area contributed by atoms with Crippen LogP contribution < -0.4 is 5.84 Å². The molecule has 60 valence electrons. The van der Waals surface area contributed by atoms with Crippen molar-refractivity contribution in [1.82, 2.24) is 9.91 Å². The van der Waals surface area contributed by atoms with Crippen molar-refractivity contribution in [2.24, 2.45) is 5.84 Å². The van der Waals surface area contributed by atoms with Gasteiger partial charge in [-0.2, -0.15) is 0 Å². The van der Waals surface area contributed by atoms with E-state index in [-0.39, 0.29) is 6.04 Å². The minimum absolute atomic E-state index is 0.222. The molecule has 4 heteroatoms. The Labute approximate surface area is 61.2 Å². The topological polar surface area (TPSA) is 52.7 Å². The van der Waals surface area contributed by atoms with E-state index in [0.717, 1.165) is 0 Å². The third-order valence-corrected chi connectivity index (χ3v) is 2.44. The standard InChI is InChI=1S/C6H15N3O/c1-4-5(2)9(7)6(10)8(4)3/h4-6,10H,7H2,1-3H3. The molecule has 1 aliphatic heterocycles. The zero-order valence-electron chi connectivity index (χ0n) is 6.65. The second kappa shape index (κ2) is 2.47. The van der Waals surface area contributed by atoms with E-state index in [1.807, 2.05) is 25.8 Å². The minimum atomic E-state index is -0.620. The first-order valence-corrected chi connectivity index (χ1v) is 3.48. The summed E-state index contributed by atoms with van der Waals surface area (Å²) < 4.78 is 0. The number of aliphatic hydroxyl groups is 1. The van der Waals surface area contributed by atoms with Gasteiger partial charge in [-0.1, -0.05) is 0 Å². The van der Waals surface area contributed by atoms with E-state index in [1.165, 1.54) is 5.01 Å². The van der Waals surface area contributed by atoms with Crippen molar-refractivity contribution in [2.75, 3.05) is 7.05 Å². The molecule has 1 saturated heterocycles. The van der Waals surface area contributed by atoms with Gasteiger partial charge >= 0.3 is 0 Å². The summed E-state index contributed by atoms with van der Waals surface area (Å²) in [6, 6.07) is 0.542. The van der Waals surface area contributed by atoms with Crippen LogP contribution in [0.25, 0.3) is 0 Å². The van der Waals surface area contributed by atoms with Gasteiger partial charge in [0.25, 0.3) is 0 Å². The Morgan fingerprint density at radius 1 is 1.30 bits per heavy atom. The van der Waals surface area contributed by atoms with E-state index in [1.54, 1.807) is 0 Å². The third-order valence-electron chi connectivity index (χ3n) is 2.44. The Morgan fingerprint density at radius 2 is 1.80 bits per heavy atom. The first kappa shape index (κ1) is 7.94. The fourth-order valence-corrected chi connectivity index (χ4v) is 1.22. The molecule has 0 radical (unpaired) electrons. The Bertz CT molecular complexity index is 85.3. The molecule has 1 fully saturated rings. The second-order valence-corrected chi connectivity index (χ2v) is 2.94. The molecule has 3 atom stereocenters. The Kier molecular flexibility index (Phi) is 1.96. The number of likely N-dealkylation sites (N-methyl/N-ethyl adjacent to an activating group) is 1. The van der Waals surface area contributed by atoms with Gasteiger partial charge in [0, 0.05) is 12.1 Å². The second-order valence-electron chi connectivity index (χ2n) is 2.94. The van der Waals surface area contributed by atoms with Crippen molar-refractivity contribution in [3.8, 4) is 0 Å². The van der Waals surface area contributed by atoms with Crippen LogP contribution in [0.4, 0.5) is 0 Å². The average Bonchev–Trinajstić information content (AvgIpc) is 2.07. The molecule has 0 aromatic carbocycles. The van der Waals surface area contributed by atoms with E-state index >= 15 is 0 Å². The molecule has 1 heterocycles. The van der Waals surface area contributed by atoms with Gasteiger partial charge in [0.05, 0.1) is 0 Å². The number of aliphatic hydroxyl groups excluding tert-OH is 1. The van der Waals surface area contributed by atoms with Crippen LogP contribution in [0.1, 0.15) is 13.8 Å². The van der Waals surface area contributed by atoms with Gasteiger partial charge in [0.1, 0.15) is 0 Å². The normalized spacial score (nSPS) is 44.7. The number of rotatable bonds is 0. The maximum absolute atomic E-state index is 9.33. The summed E-state index contributed by atoms with van der Waals surface area (Å²) in [6.45, 7) is 4.04. The van der Waals surface area contributed by atoms with Gasteiger partial charge in [-0.3, -0.25) is 10.7 Å². The molecule has 0 saturated carbocycles. The molecular formula is C6H15N3O. The van der Waals surface area contributed by atoms with Crippen LogP contribution in [0, 0.1) is 0 Å². The van der Waals surface area contributed by atoms with Crippen LogP contribution in [0.5, 0.6) is 0 Å². The predicted molar refractivity (Wildman–Crippen MR) is 38.7 cm³/mol. The summed E-state index contributed by atoms with van der Waals surface area (Å²) in [4.78, 5) is 1.84. The lowest BCUT2D eigenvalue weighted by molar-refractivity contribution is -0.0573. The molecule has 4 nitrogen and oxygen atoms in total. The van der Waals surface area contributed by atoms with Gasteiger partial charge in [-0.15, -0.1) is 0 Å². The molecule has 1 aliphatic rings. The lowest BCUT2D eigenvalue weighted by Crippen LogP contribution is -2.43. The highest BCUT2D eigenvalue weighted by atomic mass is 16.3. The largest absolute Gasteiger partial charge is 0.364 e. The summed E-state index contributed by atoms with van der Waals surface area (Å²) in [5.74, 6) is 5.54. The van der Waals surface area contributed by atoms with E-state index in [2.05, 4.69) is 0 Å². The van der Waals surface area contributed by atoms with E-state index in [0.29, 0.717) is 6.04 Å². The van der Waals surface area contributed by atoms with E-state index in [9.17, 15) is 5.11 Å². The monoisotopic (exact) mass is 145 g/mol. The Morgan fingerprint density at radius 3 is 1.90 bits per heavy atom. The highest BCUT2D eigenvalue weighted by molar-refractivity contribution is 4.84. The smallest absolute Gasteiger partial charge is 0.178 e. The van der Waals surface area contributed by atoms with Gasteiger partial charge in [0.15, 0.2) is 6.35 Å². The summed E-state index contributed by atoms with van der Waals surface area (Å²) in [5.41, 5.74) is 0. The molecule has 3 unspecified atom stereocenters. The quantitative estimate of drug-likeness (QED) is 0.436. The van der Waals surface area contributed by atoms with Gasteiger partial charge in [-0.05, 0) is 20.9 Å². The molecule has 0 aromatic rings. The molecule has 0 bridgehead atoms. The zero-order valence-corrected chi connectivity index (χ0v) is 6.65. The third kappa shape index (κ3) is 0.932. The first-order valence-electron chi connectivity index (χ1n) is 3.48. The summed E-state index contributed by atoms with van der Waals surface area (Å²) in [6.07, 6.45) is -0.620. The van der Waals surface area contributed by atoms with Crippen LogP contribution in [0.3, 0.4) is 0 Å². The number of hydrogen-bond acceptors (Lipinski definition) is 4. The van der Waals surface area contributed by atoms with Gasteiger partial charge in [0.2, 0.25) is 0 Å². The number of nitrogens with zero attached hydrogens (tertiary/aromatic N) is 2. The average molecular weight is 145 g/mol. The highest BCUT2D eigenvalue weighted by Gasteiger charge is 2.37. The SMILES string of the molecule is CC1C(C)N(N)C(O)N1C. The summed E-state index contributed by atoms with van der Waals surface area (Å²) >= 11 is 0. The number of hydrogen-bond donors (Lipinski definition) is 2. The zero-order chi connectivity index (χ0) is 7.89. The number of hydrazine groups is 1. The first-order chi connectivity index (χ1) is 4.55. The van der Waals surface area contributed by atoms with Crippen molar-refractivity contribution in [3.05, 3.63) is 0 Å². The maximum Gasteiger partial charge on any atom is 0.178 e. The van der Waals surface area contributed by atoms with Crippen LogP contribution in [0.15, 0.2) is 0 Å². The molecule has 3 N–H and O–H groups in total. The molecule has 0 aliphatic carbocycles. The molecule has 0 amide bonds. The lowest BCUT2D eigenvalue weighted by atomic mass is 10.2. The summed E-state index contributed by atoms with van der Waals surface area (Å²) in [7, 11) is 1.86. The van der Waals surface area contributed by atoms with Crippen LogP contribution in [-0.2, 0) is 0 Å². The molecule has 10 heavy (non-hydrogen) atoms. The fourth-order valence-electron chi connectivity index (χ4n) is 1.22. The highest BCUT2D eigenvalue weighted by Crippen LogP contribution is 2.18. The molecule has 0 spiro atoms. The maximum atomic E-state index is 9.33. The Hall–Kier alpha value is -0.160. The van der Waals surface area contributed by atoms with Crippen molar-refractivity contribution in [3.63, 3.8) is 0 Å². The molecular weight excluding hydrogens is 130 g/mol. The van der Waals surface area contributed by atoms with Crippen molar-refractivity contribution >= 4 is 0 Å². The lowest BCUT2D eigenvalue weighted by Gasteiger charge is -2.19.